The Morgan fingerprint density at radius 1 is 1.38 bits per heavy atom. The summed E-state index contributed by atoms with van der Waals surface area (Å²) in [4.78, 5) is 4.31. The molecule has 5 heteroatoms. The highest BCUT2D eigenvalue weighted by atomic mass is 15.3. The fourth-order valence-electron chi connectivity index (χ4n) is 2.15. The molecule has 0 spiro atoms. The summed E-state index contributed by atoms with van der Waals surface area (Å²) >= 11 is 0. The van der Waals surface area contributed by atoms with Crippen molar-refractivity contribution in [1.82, 2.24) is 14.8 Å². The van der Waals surface area contributed by atoms with Gasteiger partial charge in [0.05, 0.1) is 16.9 Å². The Morgan fingerprint density at radius 2 is 2.14 bits per heavy atom. The van der Waals surface area contributed by atoms with Crippen LogP contribution in [0, 0.1) is 31.1 Å². The molecule has 0 saturated carbocycles. The summed E-state index contributed by atoms with van der Waals surface area (Å²) in [5.74, 6) is 1.40. The molecule has 0 aromatic carbocycles. The van der Waals surface area contributed by atoms with Crippen molar-refractivity contribution in [2.75, 3.05) is 5.32 Å². The van der Waals surface area contributed by atoms with Gasteiger partial charge in [-0.2, -0.15) is 10.4 Å². The second-order valence-corrected chi connectivity index (χ2v) is 5.65. The van der Waals surface area contributed by atoms with Crippen LogP contribution in [0.4, 0.5) is 11.5 Å². The van der Waals surface area contributed by atoms with Gasteiger partial charge in [0.2, 0.25) is 0 Å². The van der Waals surface area contributed by atoms with Crippen LogP contribution in [-0.4, -0.2) is 14.8 Å². The molecule has 0 saturated heterocycles. The Bertz CT molecular complexity index is 664. The molecule has 0 radical (unpaired) electrons. The fraction of sp³-hybridized carbons (Fsp3) is 0.438. The average molecular weight is 283 g/mol. The monoisotopic (exact) mass is 283 g/mol. The molecule has 0 aliphatic heterocycles. The van der Waals surface area contributed by atoms with Gasteiger partial charge in [-0.05, 0) is 32.3 Å². The predicted octanol–water partition coefficient (Wildman–Crippen LogP) is 3.56. The summed E-state index contributed by atoms with van der Waals surface area (Å²) in [6, 6.07) is 6.00. The quantitative estimate of drug-likeness (QED) is 0.911. The van der Waals surface area contributed by atoms with Gasteiger partial charge in [-0.15, -0.1) is 0 Å². The van der Waals surface area contributed by atoms with Crippen LogP contribution >= 0.6 is 0 Å². The van der Waals surface area contributed by atoms with Crippen LogP contribution < -0.4 is 5.32 Å². The average Bonchev–Trinajstić information content (AvgIpc) is 2.83. The highest BCUT2D eigenvalue weighted by Gasteiger charge is 2.09. The number of nitrogens with one attached hydrogen (secondary N) is 1. The van der Waals surface area contributed by atoms with Crippen molar-refractivity contribution >= 4 is 11.5 Å². The van der Waals surface area contributed by atoms with E-state index in [1.54, 1.807) is 0 Å². The first-order chi connectivity index (χ1) is 9.99. The largest absolute Gasteiger partial charge is 0.338 e. The summed E-state index contributed by atoms with van der Waals surface area (Å²) in [6.45, 7) is 9.06. The summed E-state index contributed by atoms with van der Waals surface area (Å²) in [6.07, 6.45) is 3.05. The minimum atomic E-state index is 0.567. The van der Waals surface area contributed by atoms with Crippen molar-refractivity contribution in [3.05, 3.63) is 35.3 Å². The van der Waals surface area contributed by atoms with E-state index in [1.807, 2.05) is 36.9 Å². The van der Waals surface area contributed by atoms with E-state index in [1.165, 1.54) is 0 Å². The third-order valence-corrected chi connectivity index (χ3v) is 3.28. The van der Waals surface area contributed by atoms with Gasteiger partial charge in [0.25, 0.3) is 0 Å². The smallest absolute Gasteiger partial charge is 0.152 e. The van der Waals surface area contributed by atoms with Crippen LogP contribution in [0.3, 0.4) is 0 Å². The maximum atomic E-state index is 9.26. The van der Waals surface area contributed by atoms with Gasteiger partial charge in [-0.3, -0.25) is 9.67 Å². The zero-order valence-electron chi connectivity index (χ0n) is 13.0. The number of pyridine rings is 1. The van der Waals surface area contributed by atoms with Gasteiger partial charge in [-0.25, -0.2) is 0 Å². The molecule has 0 aliphatic carbocycles. The molecular formula is C16H21N5. The van der Waals surface area contributed by atoms with Crippen molar-refractivity contribution in [3.63, 3.8) is 0 Å². The molecule has 2 aromatic rings. The zero-order chi connectivity index (χ0) is 15.4. The van der Waals surface area contributed by atoms with E-state index in [0.717, 1.165) is 35.9 Å². The van der Waals surface area contributed by atoms with Crippen molar-refractivity contribution in [2.45, 2.75) is 40.7 Å². The molecule has 2 heterocycles. The number of anilines is 2. The number of nitrogens with zero attached hydrogens (tertiary/aromatic N) is 4. The minimum absolute atomic E-state index is 0.567. The SMILES string of the molecule is Cc1cc(Nc2ccn(CCC(C)C)n2)c(C#N)c(C)n1. The molecular weight excluding hydrogens is 262 g/mol. The van der Waals surface area contributed by atoms with Crippen LogP contribution in [0.5, 0.6) is 0 Å². The summed E-state index contributed by atoms with van der Waals surface area (Å²) < 4.78 is 1.93. The van der Waals surface area contributed by atoms with Crippen molar-refractivity contribution in [2.24, 2.45) is 5.92 Å². The van der Waals surface area contributed by atoms with E-state index in [-0.39, 0.29) is 0 Å². The molecule has 0 amide bonds. The molecule has 0 aliphatic rings. The molecule has 0 unspecified atom stereocenters. The fourth-order valence-corrected chi connectivity index (χ4v) is 2.15. The first-order valence-electron chi connectivity index (χ1n) is 7.18. The Morgan fingerprint density at radius 3 is 2.81 bits per heavy atom. The second-order valence-electron chi connectivity index (χ2n) is 5.65. The number of hydrogen-bond acceptors (Lipinski definition) is 4. The zero-order valence-corrected chi connectivity index (χ0v) is 13.0. The molecule has 1 N–H and O–H groups in total. The van der Waals surface area contributed by atoms with Gasteiger partial charge >= 0.3 is 0 Å². The third kappa shape index (κ3) is 3.82. The maximum Gasteiger partial charge on any atom is 0.152 e. The normalized spacial score (nSPS) is 10.7. The van der Waals surface area contributed by atoms with E-state index in [4.69, 9.17) is 0 Å². The molecule has 5 nitrogen and oxygen atoms in total. The lowest BCUT2D eigenvalue weighted by Crippen LogP contribution is -2.04. The van der Waals surface area contributed by atoms with Gasteiger partial charge in [0, 0.05) is 24.5 Å². The molecule has 110 valence electrons. The molecule has 0 bridgehead atoms. The number of hydrogen-bond donors (Lipinski definition) is 1. The van der Waals surface area contributed by atoms with Gasteiger partial charge in [-0.1, -0.05) is 13.8 Å². The van der Waals surface area contributed by atoms with Crippen LogP contribution in [0.2, 0.25) is 0 Å². The number of nitriles is 1. The standard InChI is InChI=1S/C16H21N5/c1-11(2)5-7-21-8-6-16(20-21)19-15-9-12(3)18-13(4)14(15)10-17/h6,8-9,11H,5,7H2,1-4H3,(H,18,19,20). The highest BCUT2D eigenvalue weighted by molar-refractivity contribution is 5.65. The lowest BCUT2D eigenvalue weighted by molar-refractivity contribution is 0.488. The Hall–Kier alpha value is -2.35. The topological polar surface area (TPSA) is 66.5 Å². The number of rotatable bonds is 5. The third-order valence-electron chi connectivity index (χ3n) is 3.28. The Labute approximate surface area is 125 Å². The molecule has 2 rings (SSSR count). The predicted molar refractivity (Wildman–Crippen MR) is 83.4 cm³/mol. The van der Waals surface area contributed by atoms with Crippen LogP contribution in [-0.2, 0) is 6.54 Å². The van der Waals surface area contributed by atoms with Gasteiger partial charge in [0.1, 0.15) is 6.07 Å². The van der Waals surface area contributed by atoms with E-state index >= 15 is 0 Å². The van der Waals surface area contributed by atoms with Crippen LogP contribution in [0.1, 0.15) is 37.2 Å². The lowest BCUT2D eigenvalue weighted by Gasteiger charge is -2.09. The first kappa shape index (κ1) is 15.0. The molecule has 0 fully saturated rings. The minimum Gasteiger partial charge on any atom is -0.338 e. The molecule has 2 aromatic heterocycles. The summed E-state index contributed by atoms with van der Waals surface area (Å²) in [7, 11) is 0. The van der Waals surface area contributed by atoms with E-state index in [9.17, 15) is 5.26 Å². The number of aryl methyl sites for hydroxylation is 3. The molecule has 21 heavy (non-hydrogen) atoms. The first-order valence-corrected chi connectivity index (χ1v) is 7.18. The van der Waals surface area contributed by atoms with Crippen molar-refractivity contribution < 1.29 is 0 Å². The second kappa shape index (κ2) is 6.40. The summed E-state index contributed by atoms with van der Waals surface area (Å²) in [5.41, 5.74) is 2.95. The van der Waals surface area contributed by atoms with E-state index < -0.39 is 0 Å². The Kier molecular flexibility index (Phi) is 4.59. The van der Waals surface area contributed by atoms with Crippen LogP contribution in [0.25, 0.3) is 0 Å². The number of aromatic nitrogens is 3. The van der Waals surface area contributed by atoms with Crippen molar-refractivity contribution in [1.29, 1.82) is 5.26 Å². The maximum absolute atomic E-state index is 9.26. The van der Waals surface area contributed by atoms with E-state index in [2.05, 4.69) is 35.3 Å². The van der Waals surface area contributed by atoms with Gasteiger partial charge in [0.15, 0.2) is 5.82 Å². The Balaban J connectivity index is 2.17. The van der Waals surface area contributed by atoms with Gasteiger partial charge < -0.3 is 5.32 Å². The lowest BCUT2D eigenvalue weighted by atomic mass is 10.1. The summed E-state index contributed by atoms with van der Waals surface area (Å²) in [5, 5.41) is 17.0. The highest BCUT2D eigenvalue weighted by Crippen LogP contribution is 2.22. The van der Waals surface area contributed by atoms with E-state index in [0.29, 0.717) is 11.5 Å². The molecule has 0 atom stereocenters. The van der Waals surface area contributed by atoms with Crippen LogP contribution in [0.15, 0.2) is 18.3 Å². The van der Waals surface area contributed by atoms with Crippen molar-refractivity contribution in [3.8, 4) is 6.07 Å².